The Morgan fingerprint density at radius 3 is 1.90 bits per heavy atom. The first-order valence-electron chi connectivity index (χ1n) is 9.69. The van der Waals surface area contributed by atoms with Crippen molar-refractivity contribution >= 4 is 0 Å². The van der Waals surface area contributed by atoms with Gasteiger partial charge in [0.2, 0.25) is 0 Å². The molecule has 1 rings (SSSR count). The second-order valence-corrected chi connectivity index (χ2v) is 6.85. The van der Waals surface area contributed by atoms with Crippen molar-refractivity contribution < 1.29 is 4.74 Å². The van der Waals surface area contributed by atoms with Crippen molar-refractivity contribution in [1.29, 1.82) is 0 Å². The molecule has 0 saturated carbocycles. The van der Waals surface area contributed by atoms with Gasteiger partial charge < -0.3 is 4.74 Å². The molecule has 126 valence electrons. The Morgan fingerprint density at radius 2 is 1.33 bits per heavy atom. The first-order valence-corrected chi connectivity index (χ1v) is 9.69. The Labute approximate surface area is 133 Å². The minimum atomic E-state index is 0.631. The van der Waals surface area contributed by atoms with E-state index in [2.05, 4.69) is 19.2 Å². The highest BCUT2D eigenvalue weighted by molar-refractivity contribution is 4.78. The largest absolute Gasteiger partial charge is 0.365 e. The lowest BCUT2D eigenvalue weighted by Crippen LogP contribution is -2.32. The van der Waals surface area contributed by atoms with E-state index >= 15 is 0 Å². The summed E-state index contributed by atoms with van der Waals surface area (Å²) in [5.41, 5.74) is 0. The van der Waals surface area contributed by atoms with Crippen LogP contribution in [0.25, 0.3) is 0 Å². The van der Waals surface area contributed by atoms with Gasteiger partial charge in [-0.1, -0.05) is 84.5 Å². The average Bonchev–Trinajstić information content (AvgIpc) is 3.02. The summed E-state index contributed by atoms with van der Waals surface area (Å²) >= 11 is 0. The van der Waals surface area contributed by atoms with E-state index < -0.39 is 0 Å². The van der Waals surface area contributed by atoms with E-state index in [-0.39, 0.29) is 0 Å². The lowest BCUT2D eigenvalue weighted by Gasteiger charge is -2.22. The maximum absolute atomic E-state index is 5.52. The SMILES string of the molecule is CCCCCCCCCCC(CCCCC)C1COCN1. The number of nitrogens with one attached hydrogen (secondary N) is 1. The highest BCUT2D eigenvalue weighted by Gasteiger charge is 2.24. The van der Waals surface area contributed by atoms with Crippen molar-refractivity contribution in [3.8, 4) is 0 Å². The van der Waals surface area contributed by atoms with Gasteiger partial charge in [0.05, 0.1) is 13.3 Å². The minimum absolute atomic E-state index is 0.631. The maximum Gasteiger partial charge on any atom is 0.0969 e. The molecule has 0 bridgehead atoms. The van der Waals surface area contributed by atoms with Crippen LogP contribution >= 0.6 is 0 Å². The van der Waals surface area contributed by atoms with Crippen molar-refractivity contribution in [1.82, 2.24) is 5.32 Å². The lowest BCUT2D eigenvalue weighted by molar-refractivity contribution is 0.181. The molecule has 2 nitrogen and oxygen atoms in total. The van der Waals surface area contributed by atoms with Crippen molar-refractivity contribution in [2.75, 3.05) is 13.3 Å². The highest BCUT2D eigenvalue weighted by Crippen LogP contribution is 2.23. The first kappa shape index (κ1) is 19.0. The van der Waals surface area contributed by atoms with E-state index in [1.165, 1.54) is 83.5 Å². The minimum Gasteiger partial charge on any atom is -0.365 e. The Bertz CT molecular complexity index is 214. The van der Waals surface area contributed by atoms with Crippen LogP contribution < -0.4 is 5.32 Å². The van der Waals surface area contributed by atoms with E-state index in [0.29, 0.717) is 6.04 Å². The first-order chi connectivity index (χ1) is 10.4. The Morgan fingerprint density at radius 1 is 0.810 bits per heavy atom. The summed E-state index contributed by atoms with van der Waals surface area (Å²) in [6.07, 6.45) is 18.3. The molecule has 2 heteroatoms. The molecule has 0 spiro atoms. The van der Waals surface area contributed by atoms with Gasteiger partial charge in [-0.2, -0.15) is 0 Å². The van der Waals surface area contributed by atoms with Crippen LogP contribution in [0.5, 0.6) is 0 Å². The molecule has 2 unspecified atom stereocenters. The molecule has 0 aromatic heterocycles. The quantitative estimate of drug-likeness (QED) is 0.418. The second kappa shape index (κ2) is 13.6. The molecule has 1 aliphatic heterocycles. The van der Waals surface area contributed by atoms with Gasteiger partial charge in [0.15, 0.2) is 0 Å². The van der Waals surface area contributed by atoms with Gasteiger partial charge in [0.1, 0.15) is 0 Å². The molecule has 2 atom stereocenters. The molecule has 1 N–H and O–H groups in total. The predicted molar refractivity (Wildman–Crippen MR) is 92.6 cm³/mol. The summed E-state index contributed by atoms with van der Waals surface area (Å²) in [6, 6.07) is 0.631. The highest BCUT2D eigenvalue weighted by atomic mass is 16.5. The molecule has 1 fully saturated rings. The smallest absolute Gasteiger partial charge is 0.0969 e. The molecule has 0 radical (unpaired) electrons. The number of unbranched alkanes of at least 4 members (excludes halogenated alkanes) is 9. The number of hydrogen-bond donors (Lipinski definition) is 1. The predicted octanol–water partition coefficient (Wildman–Crippen LogP) is 5.66. The standard InChI is InChI=1S/C19H39NO/c1-3-5-7-8-9-10-11-13-15-18(14-12-6-4-2)19-16-21-17-20-19/h18-20H,3-17H2,1-2H3. The number of hydrogen-bond acceptors (Lipinski definition) is 2. The summed E-state index contributed by atoms with van der Waals surface area (Å²) in [5.74, 6) is 0.846. The van der Waals surface area contributed by atoms with Gasteiger partial charge in [-0.15, -0.1) is 0 Å². The molecular formula is C19H39NO. The maximum atomic E-state index is 5.52. The second-order valence-electron chi connectivity index (χ2n) is 6.85. The van der Waals surface area contributed by atoms with Crippen LogP contribution in [-0.2, 0) is 4.74 Å². The van der Waals surface area contributed by atoms with Crippen LogP contribution in [0, 0.1) is 5.92 Å². The Hall–Kier alpha value is -0.0800. The van der Waals surface area contributed by atoms with Crippen LogP contribution in [0.3, 0.4) is 0 Å². The van der Waals surface area contributed by atoms with Crippen molar-refractivity contribution in [3.63, 3.8) is 0 Å². The molecular weight excluding hydrogens is 258 g/mol. The van der Waals surface area contributed by atoms with E-state index in [9.17, 15) is 0 Å². The van der Waals surface area contributed by atoms with Gasteiger partial charge in [-0.3, -0.25) is 5.32 Å². The van der Waals surface area contributed by atoms with Crippen LogP contribution in [0.1, 0.15) is 97.3 Å². The molecule has 0 aromatic rings. The van der Waals surface area contributed by atoms with Gasteiger partial charge in [-0.25, -0.2) is 0 Å². The zero-order valence-corrected chi connectivity index (χ0v) is 14.7. The van der Waals surface area contributed by atoms with E-state index in [4.69, 9.17) is 4.74 Å². The van der Waals surface area contributed by atoms with Crippen molar-refractivity contribution in [2.45, 2.75) is 103 Å². The number of rotatable bonds is 14. The third kappa shape index (κ3) is 9.52. The molecule has 1 heterocycles. The summed E-state index contributed by atoms with van der Waals surface area (Å²) in [7, 11) is 0. The Kier molecular flexibility index (Phi) is 12.3. The van der Waals surface area contributed by atoms with Crippen LogP contribution in [0.15, 0.2) is 0 Å². The van der Waals surface area contributed by atoms with Crippen molar-refractivity contribution in [2.24, 2.45) is 5.92 Å². The summed E-state index contributed by atoms with van der Waals surface area (Å²) in [6.45, 7) is 6.30. The van der Waals surface area contributed by atoms with Crippen molar-refractivity contribution in [3.05, 3.63) is 0 Å². The third-order valence-corrected chi connectivity index (χ3v) is 4.92. The topological polar surface area (TPSA) is 21.3 Å². The molecule has 0 amide bonds. The zero-order valence-electron chi connectivity index (χ0n) is 14.7. The van der Waals surface area contributed by atoms with Crippen LogP contribution in [0.2, 0.25) is 0 Å². The monoisotopic (exact) mass is 297 g/mol. The van der Waals surface area contributed by atoms with Gasteiger partial charge >= 0.3 is 0 Å². The van der Waals surface area contributed by atoms with Gasteiger partial charge in [0.25, 0.3) is 0 Å². The summed E-state index contributed by atoms with van der Waals surface area (Å²) in [4.78, 5) is 0. The summed E-state index contributed by atoms with van der Waals surface area (Å²) in [5, 5.41) is 3.54. The third-order valence-electron chi connectivity index (χ3n) is 4.92. The summed E-state index contributed by atoms with van der Waals surface area (Å²) < 4.78 is 5.52. The average molecular weight is 298 g/mol. The Balaban J connectivity index is 2.05. The molecule has 0 aliphatic carbocycles. The molecule has 1 aliphatic rings. The van der Waals surface area contributed by atoms with Gasteiger partial charge in [0, 0.05) is 6.04 Å². The van der Waals surface area contributed by atoms with E-state index in [0.717, 1.165) is 19.3 Å². The van der Waals surface area contributed by atoms with E-state index in [1.807, 2.05) is 0 Å². The molecule has 0 aromatic carbocycles. The lowest BCUT2D eigenvalue weighted by atomic mass is 9.89. The van der Waals surface area contributed by atoms with Crippen LogP contribution in [0.4, 0.5) is 0 Å². The van der Waals surface area contributed by atoms with Gasteiger partial charge in [-0.05, 0) is 18.8 Å². The fourth-order valence-corrected chi connectivity index (χ4v) is 3.46. The normalized spacial score (nSPS) is 20.0. The number of ether oxygens (including phenoxy) is 1. The fourth-order valence-electron chi connectivity index (χ4n) is 3.46. The molecule has 21 heavy (non-hydrogen) atoms. The zero-order chi connectivity index (χ0) is 15.2. The fraction of sp³-hybridized carbons (Fsp3) is 1.00. The van der Waals surface area contributed by atoms with Crippen LogP contribution in [-0.4, -0.2) is 19.4 Å². The van der Waals surface area contributed by atoms with E-state index in [1.54, 1.807) is 0 Å². The molecule has 1 saturated heterocycles.